The number of thiazole rings is 5. The van der Waals surface area contributed by atoms with Gasteiger partial charge in [-0.25, -0.2) is 39.5 Å². The second-order valence-corrected chi connectivity index (χ2v) is 27.7. The number of allylic oxidation sites excluding steroid dienone is 1. The van der Waals surface area contributed by atoms with E-state index in [4.69, 9.17) is 49.1 Å². The van der Waals surface area contributed by atoms with Crippen LogP contribution in [-0.4, -0.2) is 184 Å². The highest BCUT2D eigenvalue weighted by Gasteiger charge is 2.50. The molecule has 0 spiro atoms. The van der Waals surface area contributed by atoms with Gasteiger partial charge in [0.1, 0.15) is 120 Å². The Balaban J connectivity index is 1.04. The molecular weight excluding hydrogens is 1380 g/mol. The maximum Gasteiger partial charge on any atom is 0.358 e. The topological polar surface area (TPSA) is 445 Å². The van der Waals surface area contributed by atoms with Crippen LogP contribution in [0.5, 0.6) is 5.75 Å². The van der Waals surface area contributed by atoms with Gasteiger partial charge in [-0.3, -0.25) is 28.8 Å². The summed E-state index contributed by atoms with van der Waals surface area (Å²) < 4.78 is 38.2. The zero-order valence-corrected chi connectivity index (χ0v) is 56.7. The van der Waals surface area contributed by atoms with Crippen LogP contribution in [-0.2, 0) is 56.0 Å². The van der Waals surface area contributed by atoms with Crippen molar-refractivity contribution in [2.75, 3.05) is 27.8 Å². The molecule has 98 heavy (non-hydrogen) atoms. The summed E-state index contributed by atoms with van der Waals surface area (Å²) in [6.45, 7) is 7.68. The molecule has 0 unspecified atom stereocenters. The largest absolute Gasteiger partial charge is 0.506 e. The summed E-state index contributed by atoms with van der Waals surface area (Å²) in [6.07, 6.45) is -7.56. The number of carbonyl (C=O) groups is 8. The molecule has 37 heteroatoms. The van der Waals surface area contributed by atoms with Gasteiger partial charge in [-0.05, 0) is 59.5 Å². The Morgan fingerprint density at radius 2 is 1.52 bits per heavy atom. The third-order valence-corrected chi connectivity index (χ3v) is 20.8. The first-order valence-corrected chi connectivity index (χ1v) is 34.1. The van der Waals surface area contributed by atoms with E-state index >= 15 is 14.4 Å². The molecule has 12 bridgehead atoms. The highest BCUT2D eigenvalue weighted by molar-refractivity contribution is 7.14. The number of fused-ring (bicyclic) bond motifs is 15. The number of nitrogens with zero attached hydrogens (tertiary/aromatic N) is 8. The van der Waals surface area contributed by atoms with Gasteiger partial charge in [0.15, 0.2) is 18.1 Å². The van der Waals surface area contributed by atoms with Crippen molar-refractivity contribution in [1.29, 1.82) is 0 Å². The first-order valence-electron chi connectivity index (χ1n) is 29.7. The fourth-order valence-corrected chi connectivity index (χ4v) is 15.9. The minimum absolute atomic E-state index is 0.00915. The van der Waals surface area contributed by atoms with Crippen molar-refractivity contribution in [2.45, 2.75) is 108 Å². The van der Waals surface area contributed by atoms with Crippen molar-refractivity contribution >= 4 is 121 Å². The third kappa shape index (κ3) is 13.4. The lowest BCUT2D eigenvalue weighted by molar-refractivity contribution is -0.280. The maximum atomic E-state index is 15.2. The molecule has 32 nitrogen and oxygen atoms in total. The van der Waals surface area contributed by atoms with Gasteiger partial charge in [-0.15, -0.1) is 56.7 Å². The predicted molar refractivity (Wildman–Crippen MR) is 350 cm³/mol. The van der Waals surface area contributed by atoms with Crippen LogP contribution in [0.15, 0.2) is 69.2 Å². The van der Waals surface area contributed by atoms with Gasteiger partial charge in [0, 0.05) is 49.8 Å². The molecule has 1 aromatic carbocycles. The van der Waals surface area contributed by atoms with Crippen LogP contribution in [0.4, 0.5) is 0 Å². The number of likely N-dealkylation sites (N-methyl/N-ethyl adjacent to an activating group) is 1. The highest BCUT2D eigenvalue weighted by Crippen LogP contribution is 2.43. The first kappa shape index (κ1) is 68.4. The van der Waals surface area contributed by atoms with Gasteiger partial charge in [-0.1, -0.05) is 18.7 Å². The number of rotatable bonds is 9. The lowest BCUT2D eigenvalue weighted by Gasteiger charge is -2.48. The Morgan fingerprint density at radius 1 is 0.857 bits per heavy atom. The molecule has 10 atom stereocenters. The predicted octanol–water partition coefficient (Wildman–Crippen LogP) is 3.89. The number of nitrogens with one attached hydrogen (secondary N) is 5. The van der Waals surface area contributed by atoms with Crippen LogP contribution in [0.3, 0.4) is 0 Å². The number of methoxy groups -OCH3 is 1. The molecule has 4 aliphatic rings. The van der Waals surface area contributed by atoms with Crippen molar-refractivity contribution in [1.82, 2.24) is 66.1 Å². The number of cyclic esters (lactones) is 2. The lowest BCUT2D eigenvalue weighted by atomic mass is 9.85. The minimum atomic E-state index is -1.92. The summed E-state index contributed by atoms with van der Waals surface area (Å²) in [5.74, 6) is -8.28. The number of hydrogen-bond donors (Lipinski definition) is 10. The quantitative estimate of drug-likeness (QED) is 0.0424. The van der Waals surface area contributed by atoms with Gasteiger partial charge >= 0.3 is 11.9 Å². The average Bonchev–Trinajstić information content (AvgIpc) is 1.57. The monoisotopic (exact) mass is 1440 g/mol. The van der Waals surface area contributed by atoms with E-state index < -0.39 is 145 Å². The number of ether oxygens (including phenoxy) is 6. The van der Waals surface area contributed by atoms with Crippen molar-refractivity contribution in [3.8, 4) is 38.4 Å². The Bertz CT molecular complexity index is 4610. The normalized spacial score (nSPS) is 24.0. The first-order chi connectivity index (χ1) is 46.7. The van der Waals surface area contributed by atoms with E-state index in [0.29, 0.717) is 10.3 Å². The molecule has 11 N–H and O–H groups in total. The van der Waals surface area contributed by atoms with Crippen molar-refractivity contribution < 1.29 is 87.3 Å². The van der Waals surface area contributed by atoms with Crippen molar-refractivity contribution in [2.24, 2.45) is 5.73 Å². The summed E-state index contributed by atoms with van der Waals surface area (Å²) >= 11 is 4.46. The van der Waals surface area contributed by atoms with E-state index in [9.17, 15) is 44.5 Å². The molecule has 8 aromatic rings. The lowest BCUT2D eigenvalue weighted by Crippen LogP contribution is -2.62. The van der Waals surface area contributed by atoms with Crippen LogP contribution in [0.25, 0.3) is 49.3 Å². The molecule has 4 aliphatic heterocycles. The van der Waals surface area contributed by atoms with Gasteiger partial charge in [0.2, 0.25) is 5.91 Å². The van der Waals surface area contributed by atoms with Crippen molar-refractivity contribution in [3.05, 3.63) is 124 Å². The summed E-state index contributed by atoms with van der Waals surface area (Å²) in [5, 5.41) is 67.4. The number of nitrogens with two attached hydrogens (primary N) is 1. The molecule has 12 rings (SSSR count). The molecule has 0 saturated carbocycles. The standard InChI is InChI=1S/C61H60N14O18S5/c1-22(48(62)78)63-49(79)31-19-97-57(68-31)42-36(77)12-27-41(70-42)30-17-95-55(65-30)29-16-91-59(84)44-28-15-89-45(46(93-37-13-61(5,86)47(74(6)7)25(4)92-37)60(85)90-14-26-10-9-11-35(38(26)28)75(44)87)43(58-69-32(20-98-58)50(80)64-29)73-52(82)34-21-96-56(67-34)40(24(3)88-8)72-53(83)39(23(2)76)71-51(81)33-18-94-54(27)66-33/h9-12,17-21,23,25,29,37,39,43,45-47,76-77,86-87H,1,13-16H2,2-8H3,(H2,62,78)(H,63,79)(H,64,80)(H,71,81)(H,72,83)(H,73,82)/b40-24+/t23-,25-,29-,37-,39-,43+,45+,46-,47+,61+/m1/s1. The van der Waals surface area contributed by atoms with E-state index in [1.165, 1.54) is 60.0 Å². The molecule has 0 radical (unpaired) electrons. The van der Waals surface area contributed by atoms with Gasteiger partial charge < -0.3 is 86.2 Å². The Labute approximate surface area is 574 Å². The highest BCUT2D eigenvalue weighted by atomic mass is 32.1. The summed E-state index contributed by atoms with van der Waals surface area (Å²) in [7, 11) is 4.83. The molecular formula is C61H60N14O18S5. The number of pyridine rings is 1. The Hall–Kier alpha value is -9.54. The molecule has 11 heterocycles. The number of aliphatic hydroxyl groups is 2. The molecule has 1 fully saturated rings. The second-order valence-electron chi connectivity index (χ2n) is 23.3. The number of aromatic hydroxyl groups is 1. The zero-order valence-electron chi connectivity index (χ0n) is 52.6. The fraction of sp³-hybridized carbons (Fsp3) is 0.344. The number of benzene rings is 1. The number of aliphatic hydroxyl groups excluding tert-OH is 1. The SMILES string of the molecule is C=C(NC(=O)c1csc(-c2nc3c(cc2O)-c2nc(cs2)C(=O)N[C@H]([C@@H](C)O)C(=O)N/C(=C(\C)OC)c2nc(cs2)C(=O)N[C@@H]2c4nc(cs4)C(=O)N[C@H](COC(=O)c4c5c6c(cccc6n4O)COC(=O)[C@H](O[C@@H]4C[C@](C)(O)[C@@H](N(C)C)[C@@H](C)O4)[C@H]2OC5)c2nc-3cs2)n1)C(N)=O. The number of hydrogen-bond acceptors (Lipinski definition) is 30. The molecule has 6 amide bonds. The second kappa shape index (κ2) is 27.4. The molecule has 1 saturated heterocycles. The van der Waals surface area contributed by atoms with Crippen LogP contribution >= 0.6 is 56.7 Å². The number of esters is 2. The van der Waals surface area contributed by atoms with E-state index in [1.807, 2.05) is 0 Å². The van der Waals surface area contributed by atoms with Crippen molar-refractivity contribution in [3.63, 3.8) is 0 Å². The van der Waals surface area contributed by atoms with Crippen LogP contribution in [0.1, 0.15) is 125 Å². The smallest absolute Gasteiger partial charge is 0.358 e. The summed E-state index contributed by atoms with van der Waals surface area (Å²) in [4.78, 5) is 144. The minimum Gasteiger partial charge on any atom is -0.506 e. The van der Waals surface area contributed by atoms with Gasteiger partial charge in [-0.2, -0.15) is 4.73 Å². The zero-order chi connectivity index (χ0) is 69.9. The fourth-order valence-electron chi connectivity index (χ4n) is 11.7. The summed E-state index contributed by atoms with van der Waals surface area (Å²) in [5.41, 5.74) is 2.00. The molecule has 512 valence electrons. The van der Waals surface area contributed by atoms with Crippen LogP contribution in [0.2, 0.25) is 0 Å². The van der Waals surface area contributed by atoms with Gasteiger partial charge in [0.25, 0.3) is 29.5 Å². The Kier molecular flexibility index (Phi) is 19.1. The number of aromatic nitrogens is 7. The third-order valence-electron chi connectivity index (χ3n) is 16.3. The van der Waals surface area contributed by atoms with Gasteiger partial charge in [0.05, 0.1) is 48.8 Å². The average molecular weight is 1440 g/mol. The van der Waals surface area contributed by atoms with E-state index in [2.05, 4.69) is 48.1 Å². The number of carbonyl (C=O) groups excluding carboxylic acids is 8. The van der Waals surface area contributed by atoms with Crippen LogP contribution < -0.4 is 32.3 Å². The number of primary amides is 1. The molecule has 7 aromatic heterocycles. The van der Waals surface area contributed by atoms with E-state index in [1.54, 1.807) is 45.0 Å². The summed E-state index contributed by atoms with van der Waals surface area (Å²) in [6, 6.07) is 0.628. The number of amides is 6. The van der Waals surface area contributed by atoms with Crippen LogP contribution in [0, 0.1) is 0 Å². The maximum absolute atomic E-state index is 15.2. The van der Waals surface area contributed by atoms with E-state index in [-0.39, 0.29) is 105 Å². The van der Waals surface area contributed by atoms with E-state index in [0.717, 1.165) is 56.7 Å². The molecule has 0 aliphatic carbocycles. The Morgan fingerprint density at radius 3 is 2.23 bits per heavy atom.